The topological polar surface area (TPSA) is 29.3 Å². The number of nitrogens with two attached hydrogens (primary N) is 1. The lowest BCUT2D eigenvalue weighted by atomic mass is 9.87. The van der Waals surface area contributed by atoms with Gasteiger partial charge in [-0.15, -0.1) is 0 Å². The van der Waals surface area contributed by atoms with Gasteiger partial charge in [0.25, 0.3) is 0 Å². The largest absolute Gasteiger partial charge is 0.329 e. The van der Waals surface area contributed by atoms with Crippen LogP contribution in [0.25, 0.3) is 0 Å². The van der Waals surface area contributed by atoms with Crippen molar-refractivity contribution in [3.63, 3.8) is 0 Å². The molecule has 1 saturated carbocycles. The molecule has 16 heavy (non-hydrogen) atoms. The maximum Gasteiger partial charge on any atom is 0.0358 e. The van der Waals surface area contributed by atoms with Gasteiger partial charge >= 0.3 is 0 Å². The smallest absolute Gasteiger partial charge is 0.0358 e. The van der Waals surface area contributed by atoms with Gasteiger partial charge < -0.3 is 5.73 Å². The molecule has 0 aromatic heterocycles. The molecule has 94 valence electrons. The average Bonchev–Trinajstić information content (AvgIpc) is 3.03. The Morgan fingerprint density at radius 1 is 1.25 bits per heavy atom. The van der Waals surface area contributed by atoms with E-state index in [0.29, 0.717) is 5.54 Å². The second-order valence-corrected chi connectivity index (χ2v) is 7.48. The third kappa shape index (κ3) is 2.27. The minimum atomic E-state index is 0.323. The van der Waals surface area contributed by atoms with E-state index in [9.17, 15) is 0 Å². The van der Waals surface area contributed by atoms with Crippen LogP contribution in [0.2, 0.25) is 0 Å². The van der Waals surface area contributed by atoms with Gasteiger partial charge in [-0.05, 0) is 25.2 Å². The SMILES string of the molecule is CCC(CN)(C1CC1)N1CC(C)SC(C)C1. The van der Waals surface area contributed by atoms with Crippen LogP contribution in [0.4, 0.5) is 0 Å². The lowest BCUT2D eigenvalue weighted by Crippen LogP contribution is -2.60. The van der Waals surface area contributed by atoms with Crippen LogP contribution in [-0.4, -0.2) is 40.6 Å². The summed E-state index contributed by atoms with van der Waals surface area (Å²) in [6.07, 6.45) is 4.02. The molecule has 1 aliphatic carbocycles. The van der Waals surface area contributed by atoms with Gasteiger partial charge in [0.15, 0.2) is 0 Å². The number of rotatable bonds is 4. The van der Waals surface area contributed by atoms with Crippen LogP contribution in [0, 0.1) is 5.92 Å². The molecule has 1 aliphatic heterocycles. The molecule has 3 atom stereocenters. The highest BCUT2D eigenvalue weighted by molar-refractivity contribution is 8.00. The third-order valence-corrected chi connectivity index (χ3v) is 5.58. The Morgan fingerprint density at radius 3 is 2.19 bits per heavy atom. The summed E-state index contributed by atoms with van der Waals surface area (Å²) in [6.45, 7) is 10.3. The van der Waals surface area contributed by atoms with Crippen molar-refractivity contribution in [1.82, 2.24) is 4.90 Å². The minimum absolute atomic E-state index is 0.323. The van der Waals surface area contributed by atoms with Crippen molar-refractivity contribution >= 4 is 11.8 Å². The summed E-state index contributed by atoms with van der Waals surface area (Å²) in [4.78, 5) is 2.72. The van der Waals surface area contributed by atoms with Crippen LogP contribution in [0.3, 0.4) is 0 Å². The van der Waals surface area contributed by atoms with Gasteiger partial charge in [-0.3, -0.25) is 4.90 Å². The van der Waals surface area contributed by atoms with Crippen LogP contribution < -0.4 is 5.73 Å². The normalized spacial score (nSPS) is 36.0. The quantitative estimate of drug-likeness (QED) is 0.820. The third-order valence-electron chi connectivity index (χ3n) is 4.35. The molecule has 1 saturated heterocycles. The number of hydrogen-bond acceptors (Lipinski definition) is 3. The fourth-order valence-corrected chi connectivity index (χ4v) is 4.70. The lowest BCUT2D eigenvalue weighted by molar-refractivity contribution is 0.0665. The van der Waals surface area contributed by atoms with Crippen molar-refractivity contribution in [2.45, 2.75) is 56.1 Å². The van der Waals surface area contributed by atoms with E-state index in [1.54, 1.807) is 0 Å². The van der Waals surface area contributed by atoms with E-state index in [-0.39, 0.29) is 0 Å². The average molecular weight is 242 g/mol. The monoisotopic (exact) mass is 242 g/mol. The zero-order valence-corrected chi connectivity index (χ0v) is 11.7. The molecule has 0 spiro atoms. The van der Waals surface area contributed by atoms with Crippen LogP contribution in [0.15, 0.2) is 0 Å². The maximum absolute atomic E-state index is 6.13. The molecule has 2 aliphatic rings. The highest BCUT2D eigenvalue weighted by Gasteiger charge is 2.48. The molecule has 0 bridgehead atoms. The van der Waals surface area contributed by atoms with Crippen molar-refractivity contribution < 1.29 is 0 Å². The first-order valence-corrected chi connectivity index (χ1v) is 7.67. The van der Waals surface area contributed by atoms with Crippen LogP contribution in [0.5, 0.6) is 0 Å². The molecule has 3 unspecified atom stereocenters. The van der Waals surface area contributed by atoms with Crippen LogP contribution in [-0.2, 0) is 0 Å². The molecular formula is C13H26N2S. The molecule has 2 fully saturated rings. The van der Waals surface area contributed by atoms with Gasteiger partial charge in [0, 0.05) is 35.7 Å². The van der Waals surface area contributed by atoms with E-state index in [1.165, 1.54) is 32.4 Å². The zero-order chi connectivity index (χ0) is 11.8. The molecular weight excluding hydrogens is 216 g/mol. The molecule has 2 rings (SSSR count). The molecule has 1 heterocycles. The molecule has 2 nitrogen and oxygen atoms in total. The Morgan fingerprint density at radius 2 is 1.81 bits per heavy atom. The summed E-state index contributed by atoms with van der Waals surface area (Å²) in [5.41, 5.74) is 6.46. The summed E-state index contributed by atoms with van der Waals surface area (Å²) >= 11 is 2.13. The molecule has 0 aromatic carbocycles. The first-order valence-electron chi connectivity index (χ1n) is 6.73. The second kappa shape index (κ2) is 4.87. The Bertz CT molecular complexity index is 226. The predicted molar refractivity (Wildman–Crippen MR) is 72.9 cm³/mol. The van der Waals surface area contributed by atoms with Crippen LogP contribution in [0.1, 0.15) is 40.0 Å². The van der Waals surface area contributed by atoms with Crippen molar-refractivity contribution in [3.8, 4) is 0 Å². The van der Waals surface area contributed by atoms with Crippen molar-refractivity contribution in [1.29, 1.82) is 0 Å². The Kier molecular flexibility index (Phi) is 3.87. The second-order valence-electron chi connectivity index (χ2n) is 5.60. The van der Waals surface area contributed by atoms with Gasteiger partial charge in [0.1, 0.15) is 0 Å². The Balaban J connectivity index is 2.12. The molecule has 3 heteroatoms. The van der Waals surface area contributed by atoms with E-state index < -0.39 is 0 Å². The fraction of sp³-hybridized carbons (Fsp3) is 1.00. The molecule has 2 N–H and O–H groups in total. The first kappa shape index (κ1) is 12.7. The van der Waals surface area contributed by atoms with E-state index >= 15 is 0 Å². The van der Waals surface area contributed by atoms with E-state index in [0.717, 1.165) is 23.0 Å². The van der Waals surface area contributed by atoms with Crippen LogP contribution >= 0.6 is 11.8 Å². The summed E-state index contributed by atoms with van der Waals surface area (Å²) < 4.78 is 0. The van der Waals surface area contributed by atoms with Crippen molar-refractivity contribution in [2.24, 2.45) is 11.7 Å². The standard InChI is InChI=1S/C13H26N2S/c1-4-13(9-14,12-5-6-12)15-7-10(2)16-11(3)8-15/h10-12H,4-9,14H2,1-3H3. The van der Waals surface area contributed by atoms with Gasteiger partial charge in [-0.25, -0.2) is 0 Å². The lowest BCUT2D eigenvalue weighted by Gasteiger charge is -2.48. The Labute approximate surface area is 104 Å². The number of nitrogens with zero attached hydrogens (tertiary/aromatic N) is 1. The van der Waals surface area contributed by atoms with Gasteiger partial charge in [0.2, 0.25) is 0 Å². The molecule has 0 aromatic rings. The van der Waals surface area contributed by atoms with E-state index in [4.69, 9.17) is 5.73 Å². The van der Waals surface area contributed by atoms with Gasteiger partial charge in [-0.1, -0.05) is 20.8 Å². The first-order chi connectivity index (χ1) is 7.62. The fourth-order valence-electron chi connectivity index (χ4n) is 3.37. The number of thioether (sulfide) groups is 1. The maximum atomic E-state index is 6.13. The zero-order valence-electron chi connectivity index (χ0n) is 10.9. The highest BCUT2D eigenvalue weighted by atomic mass is 32.2. The van der Waals surface area contributed by atoms with Crippen molar-refractivity contribution in [2.75, 3.05) is 19.6 Å². The summed E-state index contributed by atoms with van der Waals surface area (Å²) in [6, 6.07) is 0. The summed E-state index contributed by atoms with van der Waals surface area (Å²) in [7, 11) is 0. The summed E-state index contributed by atoms with van der Waals surface area (Å²) in [5, 5.41) is 1.53. The van der Waals surface area contributed by atoms with E-state index in [1.807, 2.05) is 0 Å². The number of hydrogen-bond donors (Lipinski definition) is 1. The highest BCUT2D eigenvalue weighted by Crippen LogP contribution is 2.46. The van der Waals surface area contributed by atoms with E-state index in [2.05, 4.69) is 37.4 Å². The van der Waals surface area contributed by atoms with Gasteiger partial charge in [-0.2, -0.15) is 11.8 Å². The molecule has 0 radical (unpaired) electrons. The minimum Gasteiger partial charge on any atom is -0.329 e. The van der Waals surface area contributed by atoms with Gasteiger partial charge in [0.05, 0.1) is 0 Å². The Hall–Kier alpha value is 0.270. The predicted octanol–water partition coefficient (Wildman–Crippen LogP) is 2.33. The molecule has 0 amide bonds. The van der Waals surface area contributed by atoms with Crippen molar-refractivity contribution in [3.05, 3.63) is 0 Å². The summed E-state index contributed by atoms with van der Waals surface area (Å²) in [5.74, 6) is 0.880.